The van der Waals surface area contributed by atoms with Gasteiger partial charge in [-0.05, 0) is 31.9 Å². The maximum Gasteiger partial charge on any atom is 0.0800 e. The first kappa shape index (κ1) is 9.93. The Hall–Kier alpha value is -1.15. The van der Waals surface area contributed by atoms with Crippen molar-refractivity contribution in [2.45, 2.75) is 25.4 Å². The summed E-state index contributed by atoms with van der Waals surface area (Å²) in [6.07, 6.45) is 4.77. The molecule has 0 aliphatic carbocycles. The highest BCUT2D eigenvalue weighted by Gasteiger charge is 2.14. The maximum atomic E-state index is 9.64. The molecule has 0 amide bonds. The molecule has 0 unspecified atom stereocenters. The summed E-state index contributed by atoms with van der Waals surface area (Å²) in [7, 11) is 0. The second-order valence-corrected chi connectivity index (χ2v) is 3.38. The van der Waals surface area contributed by atoms with E-state index < -0.39 is 5.60 Å². The van der Waals surface area contributed by atoms with Crippen molar-refractivity contribution in [2.75, 3.05) is 0 Å². The monoisotopic (exact) mass is 177 g/mol. The summed E-state index contributed by atoms with van der Waals surface area (Å²) in [4.78, 5) is 4.17. The van der Waals surface area contributed by atoms with Gasteiger partial charge in [-0.2, -0.15) is 0 Å². The first-order valence-corrected chi connectivity index (χ1v) is 4.40. The van der Waals surface area contributed by atoms with E-state index in [2.05, 4.69) is 11.6 Å². The van der Waals surface area contributed by atoms with Gasteiger partial charge in [-0.1, -0.05) is 12.1 Å². The Balaban J connectivity index is 2.48. The molecule has 0 spiro atoms. The van der Waals surface area contributed by atoms with Crippen LogP contribution in [0.1, 0.15) is 19.0 Å². The third-order valence-electron chi connectivity index (χ3n) is 2.05. The number of nitrogens with zero attached hydrogens (tertiary/aromatic N) is 1. The SMILES string of the molecule is C=C[C@](C)(O)CCc1ccccn1. The molecule has 0 saturated heterocycles. The molecule has 0 aromatic carbocycles. The van der Waals surface area contributed by atoms with Gasteiger partial charge in [-0.3, -0.25) is 4.98 Å². The number of hydrogen-bond donors (Lipinski definition) is 1. The summed E-state index contributed by atoms with van der Waals surface area (Å²) < 4.78 is 0. The number of aliphatic hydroxyl groups is 1. The quantitative estimate of drug-likeness (QED) is 0.713. The van der Waals surface area contributed by atoms with Crippen molar-refractivity contribution < 1.29 is 5.11 Å². The van der Waals surface area contributed by atoms with Crippen LogP contribution in [-0.4, -0.2) is 15.7 Å². The van der Waals surface area contributed by atoms with E-state index in [0.29, 0.717) is 6.42 Å². The highest BCUT2D eigenvalue weighted by molar-refractivity contribution is 5.05. The molecule has 2 heteroatoms. The molecule has 1 aromatic heterocycles. The van der Waals surface area contributed by atoms with Crippen LogP contribution < -0.4 is 0 Å². The molecule has 1 N–H and O–H groups in total. The van der Waals surface area contributed by atoms with Gasteiger partial charge < -0.3 is 5.11 Å². The van der Waals surface area contributed by atoms with Crippen LogP contribution in [0.2, 0.25) is 0 Å². The minimum Gasteiger partial charge on any atom is -0.386 e. The molecular formula is C11H15NO. The van der Waals surface area contributed by atoms with Gasteiger partial charge in [0.2, 0.25) is 0 Å². The van der Waals surface area contributed by atoms with Crippen LogP contribution in [0.25, 0.3) is 0 Å². The van der Waals surface area contributed by atoms with Crippen molar-refractivity contribution in [1.29, 1.82) is 0 Å². The van der Waals surface area contributed by atoms with Crippen LogP contribution in [0.5, 0.6) is 0 Å². The van der Waals surface area contributed by atoms with Crippen LogP contribution in [0.15, 0.2) is 37.1 Å². The Bertz CT molecular complexity index is 267. The van der Waals surface area contributed by atoms with Gasteiger partial charge in [0, 0.05) is 11.9 Å². The summed E-state index contributed by atoms with van der Waals surface area (Å²) in [5.41, 5.74) is 0.224. The minimum absolute atomic E-state index is 0.660. The lowest BCUT2D eigenvalue weighted by Crippen LogP contribution is -2.21. The number of rotatable bonds is 4. The molecule has 0 fully saturated rings. The standard InChI is InChI=1S/C11H15NO/c1-3-11(2,13)8-7-10-6-4-5-9-12-10/h3-6,9,13H,1,7-8H2,2H3/t11-/m0/s1. The van der Waals surface area contributed by atoms with Crippen LogP contribution >= 0.6 is 0 Å². The van der Waals surface area contributed by atoms with Crippen LogP contribution in [0.3, 0.4) is 0 Å². The van der Waals surface area contributed by atoms with E-state index in [-0.39, 0.29) is 0 Å². The molecule has 0 radical (unpaired) electrons. The normalized spacial score (nSPS) is 14.9. The summed E-state index contributed by atoms with van der Waals surface area (Å²) >= 11 is 0. The van der Waals surface area contributed by atoms with Gasteiger partial charge in [-0.25, -0.2) is 0 Å². The lowest BCUT2D eigenvalue weighted by atomic mass is 9.99. The third kappa shape index (κ3) is 3.38. The van der Waals surface area contributed by atoms with E-state index in [0.717, 1.165) is 12.1 Å². The average Bonchev–Trinajstić information content (AvgIpc) is 2.17. The van der Waals surface area contributed by atoms with E-state index in [9.17, 15) is 5.11 Å². The Labute approximate surface area is 78.9 Å². The molecule has 0 bridgehead atoms. The van der Waals surface area contributed by atoms with Crippen LogP contribution in [-0.2, 0) is 6.42 Å². The van der Waals surface area contributed by atoms with Gasteiger partial charge in [0.1, 0.15) is 0 Å². The van der Waals surface area contributed by atoms with Crippen LogP contribution in [0, 0.1) is 0 Å². The summed E-state index contributed by atoms with van der Waals surface area (Å²) in [6, 6.07) is 5.79. The smallest absolute Gasteiger partial charge is 0.0800 e. The Kier molecular flexibility index (Phi) is 3.20. The van der Waals surface area contributed by atoms with Gasteiger partial charge in [-0.15, -0.1) is 6.58 Å². The minimum atomic E-state index is -0.780. The Morgan fingerprint density at radius 3 is 2.92 bits per heavy atom. The number of pyridine rings is 1. The maximum absolute atomic E-state index is 9.64. The predicted octanol–water partition coefficient (Wildman–Crippen LogP) is 1.95. The molecule has 1 aromatic rings. The predicted molar refractivity (Wildman–Crippen MR) is 53.4 cm³/mol. The van der Waals surface area contributed by atoms with Gasteiger partial charge in [0.25, 0.3) is 0 Å². The zero-order valence-corrected chi connectivity index (χ0v) is 7.90. The molecule has 1 atom stereocenters. The molecule has 0 aliphatic rings. The van der Waals surface area contributed by atoms with Gasteiger partial charge in [0.15, 0.2) is 0 Å². The molecule has 0 aliphatic heterocycles. The number of hydrogen-bond acceptors (Lipinski definition) is 2. The first-order valence-electron chi connectivity index (χ1n) is 4.40. The average molecular weight is 177 g/mol. The number of aryl methyl sites for hydroxylation is 1. The van der Waals surface area contributed by atoms with Crippen molar-refractivity contribution >= 4 is 0 Å². The molecular weight excluding hydrogens is 162 g/mol. The Morgan fingerprint density at radius 1 is 1.62 bits per heavy atom. The lowest BCUT2D eigenvalue weighted by Gasteiger charge is -2.17. The molecule has 1 rings (SSSR count). The van der Waals surface area contributed by atoms with Crippen molar-refractivity contribution in [1.82, 2.24) is 4.98 Å². The van der Waals surface area contributed by atoms with E-state index in [1.165, 1.54) is 0 Å². The lowest BCUT2D eigenvalue weighted by molar-refractivity contribution is 0.102. The molecule has 13 heavy (non-hydrogen) atoms. The highest BCUT2D eigenvalue weighted by Crippen LogP contribution is 2.13. The van der Waals surface area contributed by atoms with Crippen molar-refractivity contribution in [3.8, 4) is 0 Å². The summed E-state index contributed by atoms with van der Waals surface area (Å²) in [6.45, 7) is 5.33. The second kappa shape index (κ2) is 4.19. The first-order chi connectivity index (χ1) is 6.14. The van der Waals surface area contributed by atoms with Crippen molar-refractivity contribution in [2.24, 2.45) is 0 Å². The van der Waals surface area contributed by atoms with E-state index in [1.807, 2.05) is 18.2 Å². The van der Waals surface area contributed by atoms with E-state index in [1.54, 1.807) is 19.2 Å². The molecule has 0 saturated carbocycles. The van der Waals surface area contributed by atoms with E-state index in [4.69, 9.17) is 0 Å². The van der Waals surface area contributed by atoms with Gasteiger partial charge >= 0.3 is 0 Å². The molecule has 2 nitrogen and oxygen atoms in total. The fourth-order valence-electron chi connectivity index (χ4n) is 1.03. The zero-order valence-electron chi connectivity index (χ0n) is 7.90. The molecule has 1 heterocycles. The Morgan fingerprint density at radius 2 is 2.38 bits per heavy atom. The number of aromatic nitrogens is 1. The molecule has 70 valence electrons. The van der Waals surface area contributed by atoms with Crippen LogP contribution in [0.4, 0.5) is 0 Å². The largest absolute Gasteiger partial charge is 0.386 e. The van der Waals surface area contributed by atoms with E-state index >= 15 is 0 Å². The highest BCUT2D eigenvalue weighted by atomic mass is 16.3. The topological polar surface area (TPSA) is 33.1 Å². The fraction of sp³-hybridized carbons (Fsp3) is 0.364. The van der Waals surface area contributed by atoms with Crippen molar-refractivity contribution in [3.63, 3.8) is 0 Å². The summed E-state index contributed by atoms with van der Waals surface area (Å²) in [5, 5.41) is 9.64. The van der Waals surface area contributed by atoms with Crippen molar-refractivity contribution in [3.05, 3.63) is 42.7 Å². The zero-order chi connectivity index (χ0) is 9.73. The second-order valence-electron chi connectivity index (χ2n) is 3.38. The third-order valence-corrected chi connectivity index (χ3v) is 2.05. The van der Waals surface area contributed by atoms with Gasteiger partial charge in [0.05, 0.1) is 5.60 Å². The fourth-order valence-corrected chi connectivity index (χ4v) is 1.03. The summed E-state index contributed by atoms with van der Waals surface area (Å²) in [5.74, 6) is 0.